The van der Waals surface area contributed by atoms with E-state index in [0.29, 0.717) is 39.1 Å². The number of carbonyl (C=O) groups is 2. The van der Waals surface area contributed by atoms with Crippen molar-refractivity contribution in [1.82, 2.24) is 15.1 Å². The smallest absolute Gasteiger partial charge is 0.409 e. The van der Waals surface area contributed by atoms with Crippen molar-refractivity contribution in [2.45, 2.75) is 18.6 Å². The van der Waals surface area contributed by atoms with Gasteiger partial charge >= 0.3 is 6.09 Å². The van der Waals surface area contributed by atoms with E-state index in [9.17, 15) is 14.7 Å². The number of nitrogens with one attached hydrogen (secondary N) is 1. The number of rotatable bonds is 1. The summed E-state index contributed by atoms with van der Waals surface area (Å²) in [6.45, 7) is 2.49. The maximum absolute atomic E-state index is 12.1. The van der Waals surface area contributed by atoms with Gasteiger partial charge in [-0.2, -0.15) is 0 Å². The topological polar surface area (TPSA) is 82.1 Å². The van der Waals surface area contributed by atoms with Crippen molar-refractivity contribution in [2.75, 3.05) is 39.8 Å². The predicted molar refractivity (Wildman–Crippen MR) is 63.0 cm³/mol. The van der Waals surface area contributed by atoms with Gasteiger partial charge in [0.1, 0.15) is 0 Å². The van der Waals surface area contributed by atoms with Gasteiger partial charge < -0.3 is 25.0 Å². The van der Waals surface area contributed by atoms with Crippen LogP contribution in [0, 0.1) is 0 Å². The maximum atomic E-state index is 12.1. The fraction of sp³-hybridized carbons (Fsp3) is 0.818. The molecular formula is C11H19N3O4. The molecule has 0 aromatic rings. The Hall–Kier alpha value is -1.34. The second kappa shape index (κ2) is 5.53. The molecule has 2 aliphatic rings. The van der Waals surface area contributed by atoms with Crippen molar-refractivity contribution < 1.29 is 19.4 Å². The van der Waals surface area contributed by atoms with Gasteiger partial charge in [0.15, 0.2) is 0 Å². The second-order valence-corrected chi connectivity index (χ2v) is 4.63. The number of aliphatic hydroxyl groups is 1. The van der Waals surface area contributed by atoms with Crippen LogP contribution < -0.4 is 5.32 Å². The average Bonchev–Trinajstić information content (AvgIpc) is 2.84. The fourth-order valence-electron chi connectivity index (χ4n) is 2.36. The summed E-state index contributed by atoms with van der Waals surface area (Å²) in [6, 6.07) is -0.287. The highest BCUT2D eigenvalue weighted by Gasteiger charge is 2.33. The van der Waals surface area contributed by atoms with E-state index in [1.807, 2.05) is 0 Å². The van der Waals surface area contributed by atoms with Gasteiger partial charge in [-0.05, 0) is 6.42 Å². The normalized spacial score (nSPS) is 28.3. The third kappa shape index (κ3) is 2.73. The minimum atomic E-state index is -0.435. The molecule has 2 rings (SSSR count). The molecule has 2 heterocycles. The van der Waals surface area contributed by atoms with Crippen molar-refractivity contribution in [3.63, 3.8) is 0 Å². The number of nitrogens with zero attached hydrogens (tertiary/aromatic N) is 2. The molecule has 2 fully saturated rings. The minimum absolute atomic E-state index is 0.0102. The monoisotopic (exact) mass is 257 g/mol. The molecule has 0 aliphatic carbocycles. The van der Waals surface area contributed by atoms with E-state index in [1.165, 1.54) is 7.11 Å². The molecule has 2 amide bonds. The van der Waals surface area contributed by atoms with E-state index in [1.54, 1.807) is 9.80 Å². The third-order valence-electron chi connectivity index (χ3n) is 3.43. The first-order valence-electron chi connectivity index (χ1n) is 6.15. The first-order valence-corrected chi connectivity index (χ1v) is 6.15. The Labute approximate surface area is 106 Å². The largest absolute Gasteiger partial charge is 0.453 e. The van der Waals surface area contributed by atoms with E-state index < -0.39 is 6.10 Å². The molecule has 2 saturated heterocycles. The lowest BCUT2D eigenvalue weighted by molar-refractivity contribution is -0.134. The number of β-amino-alcohol motifs (C(OH)–C–C–N with tert-alkyl or cyclic N) is 1. The Bertz CT molecular complexity index is 328. The van der Waals surface area contributed by atoms with Crippen LogP contribution in [0.2, 0.25) is 0 Å². The van der Waals surface area contributed by atoms with Crippen LogP contribution in [0.3, 0.4) is 0 Å². The van der Waals surface area contributed by atoms with Crippen molar-refractivity contribution >= 4 is 12.0 Å². The zero-order chi connectivity index (χ0) is 13.1. The Morgan fingerprint density at radius 3 is 2.33 bits per heavy atom. The van der Waals surface area contributed by atoms with E-state index >= 15 is 0 Å². The fourth-order valence-corrected chi connectivity index (χ4v) is 2.36. The molecule has 2 aliphatic heterocycles. The predicted octanol–water partition coefficient (Wildman–Crippen LogP) is -1.38. The molecule has 102 valence electrons. The van der Waals surface area contributed by atoms with Crippen LogP contribution in [0.5, 0.6) is 0 Å². The summed E-state index contributed by atoms with van der Waals surface area (Å²) in [7, 11) is 1.35. The number of methoxy groups -OCH3 is 1. The van der Waals surface area contributed by atoms with Crippen LogP contribution in [-0.2, 0) is 9.53 Å². The second-order valence-electron chi connectivity index (χ2n) is 4.63. The molecule has 0 aromatic heterocycles. The van der Waals surface area contributed by atoms with Gasteiger partial charge in [0, 0.05) is 32.7 Å². The zero-order valence-corrected chi connectivity index (χ0v) is 10.5. The molecule has 0 radical (unpaired) electrons. The summed E-state index contributed by atoms with van der Waals surface area (Å²) in [5.41, 5.74) is 0. The van der Waals surface area contributed by atoms with Gasteiger partial charge in [-0.3, -0.25) is 4.79 Å². The van der Waals surface area contributed by atoms with Crippen LogP contribution in [0.15, 0.2) is 0 Å². The van der Waals surface area contributed by atoms with Crippen LogP contribution in [0.25, 0.3) is 0 Å². The summed E-state index contributed by atoms with van der Waals surface area (Å²) in [5.74, 6) is 0.0102. The number of hydrogen-bond acceptors (Lipinski definition) is 5. The molecule has 2 N–H and O–H groups in total. The third-order valence-corrected chi connectivity index (χ3v) is 3.43. The highest BCUT2D eigenvalue weighted by Crippen LogP contribution is 2.12. The van der Waals surface area contributed by atoms with Gasteiger partial charge in [-0.15, -0.1) is 0 Å². The summed E-state index contributed by atoms with van der Waals surface area (Å²) < 4.78 is 4.64. The molecule has 0 aromatic carbocycles. The van der Waals surface area contributed by atoms with Crippen molar-refractivity contribution in [3.8, 4) is 0 Å². The Balaban J connectivity index is 1.82. The number of amides is 2. The van der Waals surface area contributed by atoms with Crippen molar-refractivity contribution in [3.05, 3.63) is 0 Å². The summed E-state index contributed by atoms with van der Waals surface area (Å²) >= 11 is 0. The molecule has 2 atom stereocenters. The average molecular weight is 257 g/mol. The quantitative estimate of drug-likeness (QED) is 0.605. The zero-order valence-electron chi connectivity index (χ0n) is 10.5. The maximum Gasteiger partial charge on any atom is 0.409 e. The van der Waals surface area contributed by atoms with Crippen LogP contribution in [0.4, 0.5) is 4.79 Å². The van der Waals surface area contributed by atoms with E-state index in [0.717, 1.165) is 0 Å². The highest BCUT2D eigenvalue weighted by molar-refractivity contribution is 5.82. The van der Waals surface area contributed by atoms with Gasteiger partial charge in [-0.1, -0.05) is 0 Å². The number of aliphatic hydroxyl groups excluding tert-OH is 1. The first-order chi connectivity index (χ1) is 8.61. The number of carbonyl (C=O) groups excluding carboxylic acids is 2. The van der Waals surface area contributed by atoms with Crippen LogP contribution in [0.1, 0.15) is 6.42 Å². The molecule has 2 unspecified atom stereocenters. The molecule has 0 bridgehead atoms. The Morgan fingerprint density at radius 1 is 1.22 bits per heavy atom. The number of ether oxygens (including phenoxy) is 1. The minimum Gasteiger partial charge on any atom is -0.453 e. The molecule has 18 heavy (non-hydrogen) atoms. The first kappa shape index (κ1) is 13.1. The van der Waals surface area contributed by atoms with Gasteiger partial charge in [-0.25, -0.2) is 4.79 Å². The van der Waals surface area contributed by atoms with E-state index in [2.05, 4.69) is 10.1 Å². The van der Waals surface area contributed by atoms with E-state index in [-0.39, 0.29) is 18.0 Å². The lowest BCUT2D eigenvalue weighted by atomic mass is 10.1. The Morgan fingerprint density at radius 2 is 1.83 bits per heavy atom. The van der Waals surface area contributed by atoms with Gasteiger partial charge in [0.05, 0.1) is 19.3 Å². The summed E-state index contributed by atoms with van der Waals surface area (Å²) in [5, 5.41) is 12.4. The van der Waals surface area contributed by atoms with Gasteiger partial charge in [0.2, 0.25) is 5.91 Å². The number of piperazine rings is 1. The van der Waals surface area contributed by atoms with Crippen molar-refractivity contribution in [2.24, 2.45) is 0 Å². The SMILES string of the molecule is COC(=O)N1CCN(C(=O)C2CC(O)CN2)CC1. The molecule has 7 nitrogen and oxygen atoms in total. The molecular weight excluding hydrogens is 238 g/mol. The van der Waals surface area contributed by atoms with Crippen LogP contribution >= 0.6 is 0 Å². The summed E-state index contributed by atoms with van der Waals surface area (Å²) in [4.78, 5) is 26.7. The lowest BCUT2D eigenvalue weighted by Crippen LogP contribution is -2.54. The Kier molecular flexibility index (Phi) is 4.03. The lowest BCUT2D eigenvalue weighted by Gasteiger charge is -2.35. The standard InChI is InChI=1S/C11H19N3O4/c1-18-11(17)14-4-2-13(3-5-14)10(16)9-6-8(15)7-12-9/h8-9,12,15H,2-7H2,1H3. The van der Waals surface area contributed by atoms with Crippen LogP contribution in [-0.4, -0.2) is 78.9 Å². The molecule has 0 spiro atoms. The molecule has 0 saturated carbocycles. The summed E-state index contributed by atoms with van der Waals surface area (Å²) in [6.07, 6.45) is -0.317. The molecule has 7 heteroatoms. The van der Waals surface area contributed by atoms with E-state index in [4.69, 9.17) is 0 Å². The highest BCUT2D eigenvalue weighted by atomic mass is 16.5. The van der Waals surface area contributed by atoms with Gasteiger partial charge in [0.25, 0.3) is 0 Å². The van der Waals surface area contributed by atoms with Crippen molar-refractivity contribution in [1.29, 1.82) is 0 Å². The number of hydrogen-bond donors (Lipinski definition) is 2.